The Morgan fingerprint density at radius 1 is 1.38 bits per heavy atom. The zero-order chi connectivity index (χ0) is 18.9. The van der Waals surface area contributed by atoms with Gasteiger partial charge in [-0.25, -0.2) is 4.79 Å². The van der Waals surface area contributed by atoms with Gasteiger partial charge in [0.25, 0.3) is 5.91 Å². The van der Waals surface area contributed by atoms with E-state index in [4.69, 9.17) is 16.3 Å². The molecule has 3 amide bonds. The molecule has 0 bridgehead atoms. The van der Waals surface area contributed by atoms with Gasteiger partial charge in [-0.05, 0) is 30.9 Å². The summed E-state index contributed by atoms with van der Waals surface area (Å²) in [5.74, 6) is -1.56. The molecule has 1 aliphatic heterocycles. The lowest BCUT2D eigenvalue weighted by Gasteiger charge is -2.36. The Hall–Kier alpha value is -1.93. The number of hydrogen-bond donors (Lipinski definition) is 1. The van der Waals surface area contributed by atoms with Crippen molar-refractivity contribution in [2.75, 3.05) is 13.2 Å². The molecule has 1 aromatic heterocycles. The van der Waals surface area contributed by atoms with Crippen LogP contribution in [0.3, 0.4) is 0 Å². The number of carbonyl (C=O) groups excluding carboxylic acids is 4. The van der Waals surface area contributed by atoms with Gasteiger partial charge in [0.2, 0.25) is 5.78 Å². The van der Waals surface area contributed by atoms with E-state index in [1.807, 2.05) is 6.92 Å². The van der Waals surface area contributed by atoms with Crippen LogP contribution in [0.1, 0.15) is 42.3 Å². The Morgan fingerprint density at radius 3 is 2.81 bits per heavy atom. The zero-order valence-corrected chi connectivity index (χ0v) is 15.8. The zero-order valence-electron chi connectivity index (χ0n) is 14.2. The lowest BCUT2D eigenvalue weighted by molar-refractivity contribution is -0.147. The fourth-order valence-corrected chi connectivity index (χ4v) is 4.46. The quantitative estimate of drug-likeness (QED) is 0.467. The number of Topliss-reactive ketones (excluding diaryl/α,β-unsaturated/α-hetero) is 1. The van der Waals surface area contributed by atoms with Crippen LogP contribution < -0.4 is 5.32 Å². The number of amides is 3. The van der Waals surface area contributed by atoms with Crippen molar-refractivity contribution in [1.29, 1.82) is 0 Å². The number of thiophene rings is 1. The van der Waals surface area contributed by atoms with Crippen molar-refractivity contribution in [1.82, 2.24) is 10.2 Å². The smallest absolute Gasteiger partial charge is 0.326 e. The molecule has 1 aliphatic carbocycles. The fourth-order valence-electron chi connectivity index (χ4n) is 3.50. The monoisotopic (exact) mass is 398 g/mol. The minimum absolute atomic E-state index is 0.0128. The summed E-state index contributed by atoms with van der Waals surface area (Å²) >= 11 is 6.86. The van der Waals surface area contributed by atoms with Crippen molar-refractivity contribution in [2.24, 2.45) is 5.92 Å². The first kappa shape index (κ1) is 18.8. The number of nitrogens with one attached hydrogen (secondary N) is 1. The molecule has 0 radical (unpaired) electrons. The number of urea groups is 1. The molecule has 0 aromatic carbocycles. The third-order valence-corrected chi connectivity index (χ3v) is 6.27. The van der Waals surface area contributed by atoms with E-state index in [1.165, 1.54) is 0 Å². The van der Waals surface area contributed by atoms with Crippen LogP contribution in [0.4, 0.5) is 4.79 Å². The summed E-state index contributed by atoms with van der Waals surface area (Å²) in [4.78, 5) is 50.2. The highest BCUT2D eigenvalue weighted by Crippen LogP contribution is 2.38. The second-order valence-electron chi connectivity index (χ2n) is 6.63. The van der Waals surface area contributed by atoms with Gasteiger partial charge < -0.3 is 10.1 Å². The number of halogens is 1. The molecular formula is C17H19ClN2O5S. The normalized spacial score (nSPS) is 25.5. The lowest BCUT2D eigenvalue weighted by atomic mass is 9.73. The second-order valence-corrected chi connectivity index (χ2v) is 8.34. The first-order chi connectivity index (χ1) is 12.3. The molecule has 2 aliphatic rings. The molecule has 1 saturated carbocycles. The van der Waals surface area contributed by atoms with E-state index in [-0.39, 0.29) is 17.6 Å². The average molecular weight is 399 g/mol. The molecule has 7 nitrogen and oxygen atoms in total. The van der Waals surface area contributed by atoms with Crippen LogP contribution in [-0.4, -0.2) is 47.3 Å². The number of hydrogen-bond acceptors (Lipinski definition) is 6. The molecule has 1 saturated heterocycles. The fraction of sp³-hybridized carbons (Fsp3) is 0.529. The van der Waals surface area contributed by atoms with Crippen LogP contribution in [-0.2, 0) is 14.3 Å². The molecule has 2 atom stereocenters. The van der Waals surface area contributed by atoms with Gasteiger partial charge in [-0.15, -0.1) is 11.3 Å². The largest absolute Gasteiger partial charge is 0.456 e. The van der Waals surface area contributed by atoms with Crippen molar-refractivity contribution < 1.29 is 23.9 Å². The molecule has 26 heavy (non-hydrogen) atoms. The summed E-state index contributed by atoms with van der Waals surface area (Å²) in [5.41, 5.74) is -0.918. The summed E-state index contributed by atoms with van der Waals surface area (Å²) < 4.78 is 5.39. The maximum Gasteiger partial charge on any atom is 0.326 e. The van der Waals surface area contributed by atoms with E-state index >= 15 is 0 Å². The Labute approximate surface area is 159 Å². The minimum Gasteiger partial charge on any atom is -0.456 e. The van der Waals surface area contributed by atoms with Crippen molar-refractivity contribution >= 4 is 46.6 Å². The second kappa shape index (κ2) is 7.36. The average Bonchev–Trinajstić information content (AvgIpc) is 3.13. The highest BCUT2D eigenvalue weighted by Gasteiger charge is 2.55. The molecule has 1 N–H and O–H groups in total. The van der Waals surface area contributed by atoms with Crippen LogP contribution in [0.15, 0.2) is 12.1 Å². The molecular weight excluding hydrogens is 380 g/mol. The first-order valence-electron chi connectivity index (χ1n) is 8.42. The Bertz CT molecular complexity index is 764. The molecule has 2 fully saturated rings. The molecule has 140 valence electrons. The lowest BCUT2D eigenvalue weighted by Crippen LogP contribution is -2.54. The molecule has 0 unspecified atom stereocenters. The van der Waals surface area contributed by atoms with Crippen LogP contribution in [0, 0.1) is 5.92 Å². The van der Waals surface area contributed by atoms with Crippen LogP contribution in [0.25, 0.3) is 0 Å². The van der Waals surface area contributed by atoms with Crippen molar-refractivity contribution in [2.45, 2.75) is 38.1 Å². The van der Waals surface area contributed by atoms with E-state index in [2.05, 4.69) is 5.32 Å². The van der Waals surface area contributed by atoms with Crippen LogP contribution in [0.2, 0.25) is 4.34 Å². The van der Waals surface area contributed by atoms with Crippen molar-refractivity contribution in [3.8, 4) is 0 Å². The van der Waals surface area contributed by atoms with E-state index in [1.54, 1.807) is 12.1 Å². The van der Waals surface area contributed by atoms with E-state index in [0.29, 0.717) is 15.6 Å². The SMILES string of the molecule is C[C@@H]1CCCC[C@@]12NC(=O)N(CC(=O)OCC(=O)c1ccc(Cl)s1)C2=O. The van der Waals surface area contributed by atoms with Crippen molar-refractivity contribution in [3.63, 3.8) is 0 Å². The predicted octanol–water partition coefficient (Wildman–Crippen LogP) is 2.63. The number of rotatable bonds is 5. The first-order valence-corrected chi connectivity index (χ1v) is 9.61. The summed E-state index contributed by atoms with van der Waals surface area (Å²) in [6.07, 6.45) is 3.29. The Morgan fingerprint density at radius 2 is 2.15 bits per heavy atom. The molecule has 3 rings (SSSR count). The van der Waals surface area contributed by atoms with Gasteiger partial charge in [0.1, 0.15) is 12.1 Å². The maximum atomic E-state index is 12.8. The van der Waals surface area contributed by atoms with Crippen LogP contribution >= 0.6 is 22.9 Å². The minimum atomic E-state index is -0.918. The summed E-state index contributed by atoms with van der Waals surface area (Å²) in [6, 6.07) is 2.55. The van der Waals surface area contributed by atoms with Gasteiger partial charge in [-0.3, -0.25) is 19.3 Å². The standard InChI is InChI=1S/C17H19ClN2O5S/c1-10-4-2-3-7-17(10)15(23)20(16(24)19-17)8-14(22)25-9-11(21)12-5-6-13(18)26-12/h5-6,10H,2-4,7-9H2,1H3,(H,19,24)/t10-,17-/m1/s1. The van der Waals surface area contributed by atoms with E-state index in [9.17, 15) is 19.2 Å². The third-order valence-electron chi connectivity index (χ3n) is 5.00. The summed E-state index contributed by atoms with van der Waals surface area (Å²) in [5, 5.41) is 2.77. The summed E-state index contributed by atoms with van der Waals surface area (Å²) in [7, 11) is 0. The van der Waals surface area contributed by atoms with Gasteiger partial charge >= 0.3 is 12.0 Å². The highest BCUT2D eigenvalue weighted by atomic mass is 35.5. The number of ether oxygens (including phenoxy) is 1. The third kappa shape index (κ3) is 3.48. The number of ketones is 1. The van der Waals surface area contributed by atoms with E-state index in [0.717, 1.165) is 35.5 Å². The summed E-state index contributed by atoms with van der Waals surface area (Å²) in [6.45, 7) is 0.975. The number of imide groups is 1. The predicted molar refractivity (Wildman–Crippen MR) is 95.2 cm³/mol. The van der Waals surface area contributed by atoms with E-state index < -0.39 is 30.7 Å². The number of nitrogens with zero attached hydrogens (tertiary/aromatic N) is 1. The number of carbonyl (C=O) groups is 4. The van der Waals surface area contributed by atoms with Gasteiger partial charge in [0.05, 0.1) is 9.21 Å². The molecule has 2 heterocycles. The Balaban J connectivity index is 1.58. The topological polar surface area (TPSA) is 92.8 Å². The maximum absolute atomic E-state index is 12.8. The van der Waals surface area contributed by atoms with Crippen molar-refractivity contribution in [3.05, 3.63) is 21.3 Å². The van der Waals surface area contributed by atoms with Gasteiger partial charge in [-0.2, -0.15) is 0 Å². The van der Waals surface area contributed by atoms with Gasteiger partial charge in [0.15, 0.2) is 6.61 Å². The van der Waals surface area contributed by atoms with Crippen LogP contribution in [0.5, 0.6) is 0 Å². The molecule has 9 heteroatoms. The molecule has 1 aromatic rings. The van der Waals surface area contributed by atoms with Gasteiger partial charge in [0, 0.05) is 0 Å². The highest BCUT2D eigenvalue weighted by molar-refractivity contribution is 7.18. The van der Waals surface area contributed by atoms with Gasteiger partial charge in [-0.1, -0.05) is 31.4 Å². The molecule has 1 spiro atoms. The Kier molecular flexibility index (Phi) is 5.34. The number of esters is 1.